The minimum absolute atomic E-state index is 0.187. The summed E-state index contributed by atoms with van der Waals surface area (Å²) in [5.41, 5.74) is 0.353. The zero-order chi connectivity index (χ0) is 9.30. The van der Waals surface area contributed by atoms with Gasteiger partial charge in [-0.15, -0.1) is 0 Å². The highest BCUT2D eigenvalue weighted by Crippen LogP contribution is 2.14. The molecule has 1 rings (SSSR count). The molecule has 0 aromatic heterocycles. The van der Waals surface area contributed by atoms with Crippen molar-refractivity contribution in [3.05, 3.63) is 34.9 Å². The number of Topliss-reactive ketones (excluding diaryl/α,β-unsaturated/α-hetero) is 1. The van der Waals surface area contributed by atoms with Crippen molar-refractivity contribution in [3.8, 4) is 0 Å². The van der Waals surface area contributed by atoms with Crippen LogP contribution in [0.15, 0.2) is 12.1 Å². The van der Waals surface area contributed by atoms with E-state index >= 15 is 0 Å². The van der Waals surface area contributed by atoms with E-state index in [-0.39, 0.29) is 5.56 Å². The lowest BCUT2D eigenvalue weighted by Crippen LogP contribution is -2.00. The lowest BCUT2D eigenvalue weighted by atomic mass is 10.1. The van der Waals surface area contributed by atoms with Gasteiger partial charge in [0.25, 0.3) is 0 Å². The summed E-state index contributed by atoms with van der Waals surface area (Å²) in [7, 11) is 0. The monoisotopic (exact) mass is 170 g/mol. The van der Waals surface area contributed by atoms with Crippen LogP contribution in [-0.2, 0) is 0 Å². The van der Waals surface area contributed by atoms with Gasteiger partial charge in [0.1, 0.15) is 0 Å². The molecule has 0 atom stereocenters. The maximum Gasteiger partial charge on any atom is 0.169 e. The molecular weight excluding hydrogens is 162 g/mol. The summed E-state index contributed by atoms with van der Waals surface area (Å²) >= 11 is 0. The van der Waals surface area contributed by atoms with Crippen molar-refractivity contribution in [2.45, 2.75) is 13.8 Å². The van der Waals surface area contributed by atoms with Crippen molar-refractivity contribution in [2.75, 3.05) is 0 Å². The Morgan fingerprint density at radius 2 is 1.92 bits per heavy atom. The molecule has 0 saturated heterocycles. The predicted octanol–water partition coefficient (Wildman–Crippen LogP) is 2.48. The van der Waals surface area contributed by atoms with Gasteiger partial charge in [-0.1, -0.05) is 0 Å². The summed E-state index contributed by atoms with van der Waals surface area (Å²) < 4.78 is 25.5. The van der Waals surface area contributed by atoms with Gasteiger partial charge < -0.3 is 0 Å². The molecule has 0 heterocycles. The smallest absolute Gasteiger partial charge is 0.169 e. The van der Waals surface area contributed by atoms with Crippen LogP contribution in [0.4, 0.5) is 8.78 Å². The maximum absolute atomic E-state index is 12.8. The highest BCUT2D eigenvalue weighted by molar-refractivity contribution is 5.94. The molecule has 0 saturated carbocycles. The zero-order valence-corrected chi connectivity index (χ0v) is 6.82. The quantitative estimate of drug-likeness (QED) is 0.592. The zero-order valence-electron chi connectivity index (χ0n) is 6.82. The van der Waals surface area contributed by atoms with Gasteiger partial charge in [-0.2, -0.15) is 0 Å². The van der Waals surface area contributed by atoms with E-state index < -0.39 is 17.4 Å². The Hall–Kier alpha value is -1.25. The van der Waals surface area contributed by atoms with E-state index in [0.717, 1.165) is 6.07 Å². The van der Waals surface area contributed by atoms with Gasteiger partial charge >= 0.3 is 0 Å². The SMILES string of the molecule is CC(=O)c1cc(C)cc(F)c1F. The highest BCUT2D eigenvalue weighted by atomic mass is 19.2. The third-order valence-corrected chi connectivity index (χ3v) is 1.55. The third-order valence-electron chi connectivity index (χ3n) is 1.55. The first kappa shape index (κ1) is 8.84. The summed E-state index contributed by atoms with van der Waals surface area (Å²) in [6, 6.07) is 2.39. The number of hydrogen-bond acceptors (Lipinski definition) is 1. The Kier molecular flexibility index (Phi) is 2.22. The number of benzene rings is 1. The summed E-state index contributed by atoms with van der Waals surface area (Å²) in [6.07, 6.45) is 0. The van der Waals surface area contributed by atoms with Crippen LogP contribution in [0.5, 0.6) is 0 Å². The molecule has 0 fully saturated rings. The molecule has 0 amide bonds. The summed E-state index contributed by atoms with van der Waals surface area (Å²) in [6.45, 7) is 2.81. The second-order valence-corrected chi connectivity index (χ2v) is 2.66. The van der Waals surface area contributed by atoms with E-state index in [1.807, 2.05) is 0 Å². The van der Waals surface area contributed by atoms with Crippen LogP contribution in [0, 0.1) is 18.6 Å². The van der Waals surface area contributed by atoms with Crippen LogP contribution in [0.1, 0.15) is 22.8 Å². The third kappa shape index (κ3) is 1.49. The molecule has 0 spiro atoms. The lowest BCUT2D eigenvalue weighted by molar-refractivity contribution is 0.101. The molecule has 0 N–H and O–H groups in total. The van der Waals surface area contributed by atoms with Crippen LogP contribution in [-0.4, -0.2) is 5.78 Å². The fraction of sp³-hybridized carbons (Fsp3) is 0.222. The van der Waals surface area contributed by atoms with Gasteiger partial charge in [0, 0.05) is 0 Å². The van der Waals surface area contributed by atoms with E-state index in [2.05, 4.69) is 0 Å². The molecule has 0 aliphatic heterocycles. The van der Waals surface area contributed by atoms with Gasteiger partial charge in [0.05, 0.1) is 5.56 Å². The minimum Gasteiger partial charge on any atom is -0.294 e. The molecule has 0 bridgehead atoms. The van der Waals surface area contributed by atoms with Gasteiger partial charge in [-0.3, -0.25) is 4.79 Å². The van der Waals surface area contributed by atoms with Crippen LogP contribution in [0.25, 0.3) is 0 Å². The molecule has 1 aromatic rings. The van der Waals surface area contributed by atoms with E-state index in [4.69, 9.17) is 0 Å². The number of ketones is 1. The number of carbonyl (C=O) groups is 1. The molecule has 1 aromatic carbocycles. The van der Waals surface area contributed by atoms with Crippen molar-refractivity contribution in [2.24, 2.45) is 0 Å². The average molecular weight is 170 g/mol. The Morgan fingerprint density at radius 1 is 1.33 bits per heavy atom. The number of hydrogen-bond donors (Lipinski definition) is 0. The van der Waals surface area contributed by atoms with E-state index in [1.54, 1.807) is 6.92 Å². The van der Waals surface area contributed by atoms with E-state index in [9.17, 15) is 13.6 Å². The average Bonchev–Trinajstić information content (AvgIpc) is 1.96. The minimum atomic E-state index is -1.06. The van der Waals surface area contributed by atoms with Crippen molar-refractivity contribution >= 4 is 5.78 Å². The summed E-state index contributed by atoms with van der Waals surface area (Å²) in [4.78, 5) is 10.8. The number of rotatable bonds is 1. The first-order valence-corrected chi connectivity index (χ1v) is 3.49. The van der Waals surface area contributed by atoms with E-state index in [0.29, 0.717) is 5.56 Å². The van der Waals surface area contributed by atoms with E-state index in [1.165, 1.54) is 13.0 Å². The van der Waals surface area contributed by atoms with Crippen LogP contribution >= 0.6 is 0 Å². The molecule has 12 heavy (non-hydrogen) atoms. The molecular formula is C9H8F2O. The van der Waals surface area contributed by atoms with Crippen LogP contribution < -0.4 is 0 Å². The fourth-order valence-corrected chi connectivity index (χ4v) is 0.981. The fourth-order valence-electron chi connectivity index (χ4n) is 0.981. The Bertz CT molecular complexity index is 332. The van der Waals surface area contributed by atoms with Crippen molar-refractivity contribution in [1.29, 1.82) is 0 Å². The first-order chi connectivity index (χ1) is 5.52. The number of carbonyl (C=O) groups excluding carboxylic acids is 1. The van der Waals surface area contributed by atoms with Crippen LogP contribution in [0.3, 0.4) is 0 Å². The van der Waals surface area contributed by atoms with Crippen molar-refractivity contribution < 1.29 is 13.6 Å². The summed E-state index contributed by atoms with van der Waals surface area (Å²) in [5, 5.41) is 0. The van der Waals surface area contributed by atoms with Crippen molar-refractivity contribution in [1.82, 2.24) is 0 Å². The molecule has 0 unspecified atom stereocenters. The van der Waals surface area contributed by atoms with Gasteiger partial charge in [-0.25, -0.2) is 8.78 Å². The predicted molar refractivity (Wildman–Crippen MR) is 41.1 cm³/mol. The Balaban J connectivity index is 3.37. The second kappa shape index (κ2) is 3.01. The lowest BCUT2D eigenvalue weighted by Gasteiger charge is -2.00. The highest BCUT2D eigenvalue weighted by Gasteiger charge is 2.12. The topological polar surface area (TPSA) is 17.1 Å². The van der Waals surface area contributed by atoms with Gasteiger partial charge in [0.2, 0.25) is 0 Å². The van der Waals surface area contributed by atoms with Gasteiger partial charge in [0.15, 0.2) is 17.4 Å². The maximum atomic E-state index is 12.8. The van der Waals surface area contributed by atoms with Crippen molar-refractivity contribution in [3.63, 3.8) is 0 Å². The van der Waals surface area contributed by atoms with Gasteiger partial charge in [-0.05, 0) is 31.5 Å². The first-order valence-electron chi connectivity index (χ1n) is 3.49. The molecule has 0 radical (unpaired) electrons. The van der Waals surface area contributed by atoms with Crippen LogP contribution in [0.2, 0.25) is 0 Å². The molecule has 1 nitrogen and oxygen atoms in total. The molecule has 0 aliphatic carbocycles. The Labute approximate surface area is 69.0 Å². The molecule has 64 valence electrons. The largest absolute Gasteiger partial charge is 0.294 e. The number of halogens is 2. The Morgan fingerprint density at radius 3 is 2.42 bits per heavy atom. The standard InChI is InChI=1S/C9H8F2O/c1-5-3-7(6(2)12)9(11)8(10)4-5/h3-4H,1-2H3. The normalized spacial score (nSPS) is 10.0. The number of aryl methyl sites for hydroxylation is 1. The molecule has 3 heteroatoms. The second-order valence-electron chi connectivity index (χ2n) is 2.66. The summed E-state index contributed by atoms with van der Waals surface area (Å²) in [5.74, 6) is -2.50. The molecule has 0 aliphatic rings.